The van der Waals surface area contributed by atoms with E-state index in [1.165, 1.54) is 20.8 Å². The van der Waals surface area contributed by atoms with Gasteiger partial charge in [-0.15, -0.1) is 0 Å². The highest BCUT2D eigenvalue weighted by Crippen LogP contribution is 2.22. The van der Waals surface area contributed by atoms with Crippen molar-refractivity contribution in [3.05, 3.63) is 39.9 Å². The first kappa shape index (κ1) is 14.4. The topological polar surface area (TPSA) is 26.1 Å². The maximum atomic E-state index is 13.2. The van der Waals surface area contributed by atoms with Crippen molar-refractivity contribution >= 4 is 6.21 Å². The maximum Gasteiger partial charge on any atom is 0.200 e. The number of hydrogen-bond acceptors (Lipinski definition) is 1. The number of halogens is 5. The SMILES string of the molecule is CC(C)(C)/[N+]([O-])=C\c1c(F)c(F)c(F)c(F)c1F. The van der Waals surface area contributed by atoms with Crippen LogP contribution in [0.2, 0.25) is 0 Å². The number of benzene rings is 1. The fourth-order valence-electron chi connectivity index (χ4n) is 1.05. The lowest BCUT2D eigenvalue weighted by Crippen LogP contribution is -2.30. The second-order valence-electron chi connectivity index (χ2n) is 4.61. The Kier molecular flexibility index (Phi) is 3.64. The van der Waals surface area contributed by atoms with E-state index in [0.29, 0.717) is 6.21 Å². The molecule has 0 aromatic heterocycles. The van der Waals surface area contributed by atoms with Gasteiger partial charge in [-0.2, -0.15) is 0 Å². The highest BCUT2D eigenvalue weighted by Gasteiger charge is 2.28. The third kappa shape index (κ3) is 2.44. The van der Waals surface area contributed by atoms with Crippen molar-refractivity contribution in [2.75, 3.05) is 0 Å². The third-order valence-electron chi connectivity index (χ3n) is 2.15. The minimum atomic E-state index is -2.25. The van der Waals surface area contributed by atoms with Crippen molar-refractivity contribution < 1.29 is 26.7 Å². The Balaban J connectivity index is 3.53. The molecule has 0 amide bonds. The van der Waals surface area contributed by atoms with Crippen molar-refractivity contribution in [2.24, 2.45) is 0 Å². The number of rotatable bonds is 1. The monoisotopic (exact) mass is 267 g/mol. The van der Waals surface area contributed by atoms with E-state index < -0.39 is 40.2 Å². The van der Waals surface area contributed by atoms with Crippen molar-refractivity contribution in [1.29, 1.82) is 0 Å². The number of hydroxylamine groups is 1. The third-order valence-corrected chi connectivity index (χ3v) is 2.15. The van der Waals surface area contributed by atoms with Gasteiger partial charge >= 0.3 is 0 Å². The van der Waals surface area contributed by atoms with E-state index in [9.17, 15) is 27.2 Å². The molecule has 0 aliphatic heterocycles. The van der Waals surface area contributed by atoms with Gasteiger partial charge in [0.1, 0.15) is 5.56 Å². The molecule has 0 aliphatic rings. The summed E-state index contributed by atoms with van der Waals surface area (Å²) in [4.78, 5) is 0. The molecule has 0 atom stereocenters. The smallest absolute Gasteiger partial charge is 0.200 e. The summed E-state index contributed by atoms with van der Waals surface area (Å²) in [5.74, 6) is -10.5. The molecular weight excluding hydrogens is 257 g/mol. The summed E-state index contributed by atoms with van der Waals surface area (Å²) in [5.41, 5.74) is -2.32. The Morgan fingerprint density at radius 3 is 1.50 bits per heavy atom. The lowest BCUT2D eigenvalue weighted by molar-refractivity contribution is -0.530. The van der Waals surface area contributed by atoms with Gasteiger partial charge in [-0.3, -0.25) is 0 Å². The fraction of sp³-hybridized carbons (Fsp3) is 0.364. The Hall–Kier alpha value is -1.66. The molecule has 1 aromatic carbocycles. The van der Waals surface area contributed by atoms with Gasteiger partial charge in [-0.25, -0.2) is 26.7 Å². The molecule has 0 aliphatic carbocycles. The molecule has 0 heterocycles. The fourth-order valence-corrected chi connectivity index (χ4v) is 1.05. The van der Waals surface area contributed by atoms with E-state index in [0.717, 1.165) is 0 Å². The highest BCUT2D eigenvalue weighted by atomic mass is 19.2. The Bertz CT molecular complexity index is 490. The van der Waals surface area contributed by atoms with Crippen LogP contribution in [0.4, 0.5) is 22.0 Å². The molecule has 0 bridgehead atoms. The first-order valence-electron chi connectivity index (χ1n) is 4.90. The van der Waals surface area contributed by atoms with Crippen LogP contribution in [0.3, 0.4) is 0 Å². The maximum absolute atomic E-state index is 13.2. The van der Waals surface area contributed by atoms with Gasteiger partial charge in [-0.1, -0.05) is 0 Å². The molecule has 0 spiro atoms. The van der Waals surface area contributed by atoms with Gasteiger partial charge in [0, 0.05) is 20.8 Å². The molecule has 1 rings (SSSR count). The molecule has 100 valence electrons. The van der Waals surface area contributed by atoms with Crippen LogP contribution in [0, 0.1) is 34.3 Å². The molecule has 0 N–H and O–H groups in total. The summed E-state index contributed by atoms with van der Waals surface area (Å²) in [6.07, 6.45) is 0.344. The van der Waals surface area contributed by atoms with Gasteiger partial charge < -0.3 is 5.21 Å². The quantitative estimate of drug-likeness (QED) is 0.146. The van der Waals surface area contributed by atoms with Crippen molar-refractivity contribution in [1.82, 2.24) is 0 Å². The predicted molar refractivity (Wildman–Crippen MR) is 54.8 cm³/mol. The molecule has 2 nitrogen and oxygen atoms in total. The molecule has 0 saturated carbocycles. The molecule has 18 heavy (non-hydrogen) atoms. The molecule has 0 fully saturated rings. The second kappa shape index (κ2) is 4.55. The molecule has 1 aromatic rings. The van der Waals surface area contributed by atoms with Crippen LogP contribution in [0.1, 0.15) is 26.3 Å². The zero-order chi connectivity index (χ0) is 14.2. The summed E-state index contributed by atoms with van der Waals surface area (Å²) in [5, 5.41) is 11.4. The summed E-state index contributed by atoms with van der Waals surface area (Å²) in [6.45, 7) is 4.26. The van der Waals surface area contributed by atoms with Crippen LogP contribution in [0.25, 0.3) is 0 Å². The second-order valence-corrected chi connectivity index (χ2v) is 4.61. The summed E-state index contributed by atoms with van der Waals surface area (Å²) in [7, 11) is 0. The zero-order valence-electron chi connectivity index (χ0n) is 9.82. The zero-order valence-corrected chi connectivity index (χ0v) is 9.82. The normalized spacial score (nSPS) is 13.0. The van der Waals surface area contributed by atoms with Crippen molar-refractivity contribution in [3.63, 3.8) is 0 Å². The molecule has 0 unspecified atom stereocenters. The van der Waals surface area contributed by atoms with Gasteiger partial charge in [0.25, 0.3) is 0 Å². The van der Waals surface area contributed by atoms with Crippen molar-refractivity contribution in [3.8, 4) is 0 Å². The van der Waals surface area contributed by atoms with E-state index >= 15 is 0 Å². The van der Waals surface area contributed by atoms with E-state index in [-0.39, 0.29) is 4.74 Å². The van der Waals surface area contributed by atoms with Crippen LogP contribution in [-0.4, -0.2) is 16.5 Å². The van der Waals surface area contributed by atoms with Crippen molar-refractivity contribution in [2.45, 2.75) is 26.3 Å². The average Bonchev–Trinajstić information content (AvgIpc) is 2.28. The summed E-state index contributed by atoms with van der Waals surface area (Å²) >= 11 is 0. The van der Waals surface area contributed by atoms with E-state index in [4.69, 9.17) is 0 Å². The average molecular weight is 267 g/mol. The van der Waals surface area contributed by atoms with Crippen LogP contribution >= 0.6 is 0 Å². The van der Waals surface area contributed by atoms with E-state index in [1.807, 2.05) is 0 Å². The Morgan fingerprint density at radius 1 is 0.833 bits per heavy atom. The first-order valence-corrected chi connectivity index (χ1v) is 4.90. The number of hydrogen-bond donors (Lipinski definition) is 0. The van der Waals surface area contributed by atoms with Gasteiger partial charge in [-0.05, 0) is 0 Å². The molecule has 0 radical (unpaired) electrons. The van der Waals surface area contributed by atoms with Crippen LogP contribution in [-0.2, 0) is 0 Å². The summed E-state index contributed by atoms with van der Waals surface area (Å²) in [6, 6.07) is 0. The minimum absolute atomic E-state index is 0.116. The Morgan fingerprint density at radius 2 is 1.17 bits per heavy atom. The highest BCUT2D eigenvalue weighted by molar-refractivity contribution is 5.76. The van der Waals surface area contributed by atoms with Gasteiger partial charge in [0.2, 0.25) is 5.82 Å². The van der Waals surface area contributed by atoms with Gasteiger partial charge in [0.05, 0.1) is 0 Å². The molecule has 7 heteroatoms. The van der Waals surface area contributed by atoms with Crippen LogP contribution in [0.15, 0.2) is 0 Å². The summed E-state index contributed by atoms with van der Waals surface area (Å²) < 4.78 is 65.0. The van der Waals surface area contributed by atoms with E-state index in [1.54, 1.807) is 0 Å². The lowest BCUT2D eigenvalue weighted by atomic mass is 10.1. The van der Waals surface area contributed by atoms with Crippen LogP contribution < -0.4 is 0 Å². The predicted octanol–water partition coefficient (Wildman–Crippen LogP) is 3.11. The largest absolute Gasteiger partial charge is 0.623 e. The molecule has 0 saturated heterocycles. The van der Waals surface area contributed by atoms with Gasteiger partial charge in [0.15, 0.2) is 35.0 Å². The first-order chi connectivity index (χ1) is 8.07. The Labute approximate surface area is 99.9 Å². The number of nitrogens with zero attached hydrogens (tertiary/aromatic N) is 1. The van der Waals surface area contributed by atoms with E-state index in [2.05, 4.69) is 0 Å². The lowest BCUT2D eigenvalue weighted by Gasteiger charge is -2.18. The van der Waals surface area contributed by atoms with Crippen LogP contribution in [0.5, 0.6) is 0 Å². The standard InChI is InChI=1S/C11H10F5NO/c1-11(2,3)17(18)4-5-6(12)8(14)10(16)9(15)7(5)13/h4H,1-3H3/b17-4+. The minimum Gasteiger partial charge on any atom is -0.623 e. The molecular formula is C11H10F5NO.